The summed E-state index contributed by atoms with van der Waals surface area (Å²) in [5.74, 6) is -0.335. The Kier molecular flexibility index (Phi) is 3.72. The van der Waals surface area contributed by atoms with Gasteiger partial charge in [0.05, 0.1) is 11.4 Å². The summed E-state index contributed by atoms with van der Waals surface area (Å²) in [6.45, 7) is 2.49. The molecule has 0 spiro atoms. The second kappa shape index (κ2) is 5.27. The van der Waals surface area contributed by atoms with E-state index in [9.17, 15) is 4.39 Å². The van der Waals surface area contributed by atoms with E-state index in [1.54, 1.807) is 6.07 Å². The van der Waals surface area contributed by atoms with Crippen molar-refractivity contribution in [1.29, 1.82) is 0 Å². The average molecular weight is 265 g/mol. The van der Waals surface area contributed by atoms with Crippen molar-refractivity contribution >= 4 is 23.0 Å². The molecule has 2 rings (SSSR count). The van der Waals surface area contributed by atoms with Crippen LogP contribution in [0.15, 0.2) is 36.4 Å². The zero-order valence-corrected chi connectivity index (χ0v) is 10.8. The van der Waals surface area contributed by atoms with Gasteiger partial charge in [-0.05, 0) is 42.3 Å². The summed E-state index contributed by atoms with van der Waals surface area (Å²) in [6, 6.07) is 10.1. The number of nitrogen functional groups attached to an aromatic ring is 1. The molecule has 0 heterocycles. The Bertz CT molecular complexity index is 518. The molecule has 0 saturated carbocycles. The van der Waals surface area contributed by atoms with Crippen molar-refractivity contribution in [2.75, 3.05) is 11.1 Å². The van der Waals surface area contributed by atoms with Gasteiger partial charge in [0.1, 0.15) is 5.82 Å². The number of nitrogens with one attached hydrogen (secondary N) is 1. The SMILES string of the molecule is Cc1ccc(NCc2ccc(F)cc2Cl)c(N)c1. The highest BCUT2D eigenvalue weighted by molar-refractivity contribution is 6.31. The van der Waals surface area contributed by atoms with Gasteiger partial charge in [0.2, 0.25) is 0 Å². The molecule has 0 aromatic heterocycles. The van der Waals surface area contributed by atoms with Crippen molar-refractivity contribution in [2.24, 2.45) is 0 Å². The molecule has 0 atom stereocenters. The standard InChI is InChI=1S/C14H14ClFN2/c1-9-2-5-14(13(17)6-9)18-8-10-3-4-11(16)7-12(10)15/h2-7,18H,8,17H2,1H3. The summed E-state index contributed by atoms with van der Waals surface area (Å²) >= 11 is 5.95. The van der Waals surface area contributed by atoms with Crippen molar-refractivity contribution in [2.45, 2.75) is 13.5 Å². The Balaban J connectivity index is 2.11. The summed E-state index contributed by atoms with van der Waals surface area (Å²) in [5, 5.41) is 3.60. The van der Waals surface area contributed by atoms with Gasteiger partial charge in [-0.2, -0.15) is 0 Å². The molecule has 0 aliphatic rings. The molecular formula is C14H14ClFN2. The van der Waals surface area contributed by atoms with Crippen LogP contribution >= 0.6 is 11.6 Å². The van der Waals surface area contributed by atoms with Crippen LogP contribution in [0, 0.1) is 12.7 Å². The van der Waals surface area contributed by atoms with Crippen LogP contribution in [0.25, 0.3) is 0 Å². The van der Waals surface area contributed by atoms with Crippen LogP contribution in [0.2, 0.25) is 5.02 Å². The Morgan fingerprint density at radius 1 is 1.22 bits per heavy atom. The van der Waals surface area contributed by atoms with Crippen LogP contribution < -0.4 is 11.1 Å². The normalized spacial score (nSPS) is 10.4. The molecule has 0 aliphatic heterocycles. The molecule has 2 aromatic carbocycles. The van der Waals surface area contributed by atoms with Gasteiger partial charge in [0.25, 0.3) is 0 Å². The molecule has 3 N–H and O–H groups in total. The first-order valence-electron chi connectivity index (χ1n) is 5.60. The van der Waals surface area contributed by atoms with Crippen LogP contribution in [0.5, 0.6) is 0 Å². The van der Waals surface area contributed by atoms with E-state index in [0.29, 0.717) is 17.3 Å². The minimum absolute atomic E-state index is 0.335. The van der Waals surface area contributed by atoms with Gasteiger partial charge < -0.3 is 11.1 Å². The van der Waals surface area contributed by atoms with Gasteiger partial charge in [0.15, 0.2) is 0 Å². The minimum Gasteiger partial charge on any atom is -0.397 e. The van der Waals surface area contributed by atoms with E-state index >= 15 is 0 Å². The molecule has 4 heteroatoms. The highest BCUT2D eigenvalue weighted by Crippen LogP contribution is 2.22. The van der Waals surface area contributed by atoms with Crippen molar-refractivity contribution in [3.05, 3.63) is 58.4 Å². The van der Waals surface area contributed by atoms with E-state index in [2.05, 4.69) is 5.32 Å². The number of anilines is 2. The van der Waals surface area contributed by atoms with Gasteiger partial charge in [-0.25, -0.2) is 4.39 Å². The summed E-state index contributed by atoms with van der Waals surface area (Å²) in [7, 11) is 0. The third-order valence-corrected chi connectivity index (χ3v) is 3.04. The fraction of sp³-hybridized carbons (Fsp3) is 0.143. The number of benzene rings is 2. The number of aryl methyl sites for hydroxylation is 1. The number of nitrogens with two attached hydrogens (primary N) is 1. The van der Waals surface area contributed by atoms with E-state index in [0.717, 1.165) is 16.8 Å². The largest absolute Gasteiger partial charge is 0.397 e. The van der Waals surface area contributed by atoms with Crippen molar-refractivity contribution in [1.82, 2.24) is 0 Å². The fourth-order valence-electron chi connectivity index (χ4n) is 1.70. The lowest BCUT2D eigenvalue weighted by atomic mass is 10.1. The Hall–Kier alpha value is -1.74. The maximum atomic E-state index is 12.9. The maximum Gasteiger partial charge on any atom is 0.124 e. The summed E-state index contributed by atoms with van der Waals surface area (Å²) in [6.07, 6.45) is 0. The fourth-order valence-corrected chi connectivity index (χ4v) is 1.93. The number of hydrogen-bond acceptors (Lipinski definition) is 2. The third kappa shape index (κ3) is 2.93. The van der Waals surface area contributed by atoms with Crippen LogP contribution in [0.3, 0.4) is 0 Å². The molecule has 0 saturated heterocycles. The first-order chi connectivity index (χ1) is 8.56. The van der Waals surface area contributed by atoms with E-state index in [-0.39, 0.29) is 5.82 Å². The lowest BCUT2D eigenvalue weighted by Gasteiger charge is -2.11. The monoisotopic (exact) mass is 264 g/mol. The molecule has 94 valence electrons. The molecular weight excluding hydrogens is 251 g/mol. The molecule has 0 amide bonds. The van der Waals surface area contributed by atoms with Crippen LogP contribution in [0.4, 0.5) is 15.8 Å². The van der Waals surface area contributed by atoms with Crippen molar-refractivity contribution in [3.8, 4) is 0 Å². The van der Waals surface area contributed by atoms with Gasteiger partial charge in [-0.3, -0.25) is 0 Å². The predicted molar refractivity (Wildman–Crippen MR) is 74.3 cm³/mol. The number of halogens is 2. The molecule has 2 nitrogen and oxygen atoms in total. The number of hydrogen-bond donors (Lipinski definition) is 2. The summed E-state index contributed by atoms with van der Waals surface area (Å²) in [5.41, 5.74) is 9.37. The average Bonchev–Trinajstić information content (AvgIpc) is 2.30. The van der Waals surface area contributed by atoms with Crippen LogP contribution in [-0.2, 0) is 6.54 Å². The lowest BCUT2D eigenvalue weighted by Crippen LogP contribution is -2.03. The second-order valence-electron chi connectivity index (χ2n) is 4.18. The zero-order valence-electron chi connectivity index (χ0n) is 10.0. The molecule has 0 bridgehead atoms. The minimum atomic E-state index is -0.335. The second-order valence-corrected chi connectivity index (χ2v) is 4.59. The lowest BCUT2D eigenvalue weighted by molar-refractivity contribution is 0.627. The molecule has 0 fully saturated rings. The topological polar surface area (TPSA) is 38.0 Å². The first kappa shape index (κ1) is 12.7. The van der Waals surface area contributed by atoms with Crippen LogP contribution in [-0.4, -0.2) is 0 Å². The van der Waals surface area contributed by atoms with Gasteiger partial charge in [-0.1, -0.05) is 23.7 Å². The first-order valence-corrected chi connectivity index (χ1v) is 5.98. The number of rotatable bonds is 3. The Morgan fingerprint density at radius 2 is 2.00 bits per heavy atom. The maximum absolute atomic E-state index is 12.9. The quantitative estimate of drug-likeness (QED) is 0.823. The predicted octanol–water partition coefficient (Wildman–Crippen LogP) is 3.98. The van der Waals surface area contributed by atoms with Gasteiger partial charge >= 0.3 is 0 Å². The molecule has 0 radical (unpaired) electrons. The third-order valence-electron chi connectivity index (χ3n) is 2.69. The molecule has 0 aliphatic carbocycles. The van der Waals surface area contributed by atoms with Crippen molar-refractivity contribution in [3.63, 3.8) is 0 Å². The van der Waals surface area contributed by atoms with Gasteiger partial charge in [0, 0.05) is 11.6 Å². The highest BCUT2D eigenvalue weighted by atomic mass is 35.5. The van der Waals surface area contributed by atoms with E-state index in [1.165, 1.54) is 12.1 Å². The summed E-state index contributed by atoms with van der Waals surface area (Å²) < 4.78 is 12.9. The van der Waals surface area contributed by atoms with E-state index < -0.39 is 0 Å². The molecule has 2 aromatic rings. The molecule has 0 unspecified atom stereocenters. The smallest absolute Gasteiger partial charge is 0.124 e. The van der Waals surface area contributed by atoms with E-state index in [4.69, 9.17) is 17.3 Å². The van der Waals surface area contributed by atoms with Crippen molar-refractivity contribution < 1.29 is 4.39 Å². The highest BCUT2D eigenvalue weighted by Gasteiger charge is 2.03. The van der Waals surface area contributed by atoms with Gasteiger partial charge in [-0.15, -0.1) is 0 Å². The Labute approximate surface area is 111 Å². The van der Waals surface area contributed by atoms with Crippen LogP contribution in [0.1, 0.15) is 11.1 Å². The Morgan fingerprint density at radius 3 is 2.67 bits per heavy atom. The molecule has 18 heavy (non-hydrogen) atoms. The summed E-state index contributed by atoms with van der Waals surface area (Å²) in [4.78, 5) is 0. The zero-order chi connectivity index (χ0) is 13.1. The van der Waals surface area contributed by atoms with E-state index in [1.807, 2.05) is 25.1 Å².